The number of nitrogens with one attached hydrogen (secondary N) is 1. The largest absolute Gasteiger partial charge is 0.368 e. The van der Waals surface area contributed by atoms with Crippen LogP contribution in [0.4, 0.5) is 26.1 Å². The second-order valence-corrected chi connectivity index (χ2v) is 6.01. The molecule has 1 aromatic carbocycles. The van der Waals surface area contributed by atoms with Crippen molar-refractivity contribution in [1.82, 2.24) is 14.6 Å². The van der Waals surface area contributed by atoms with Gasteiger partial charge in [0.25, 0.3) is 0 Å². The lowest BCUT2D eigenvalue weighted by Crippen LogP contribution is -2.27. The van der Waals surface area contributed by atoms with Crippen LogP contribution in [0.25, 0.3) is 5.65 Å². The molecule has 8 nitrogen and oxygen atoms in total. The first kappa shape index (κ1) is 16.2. The summed E-state index contributed by atoms with van der Waals surface area (Å²) in [5, 5.41) is 18.3. The summed E-state index contributed by atoms with van der Waals surface area (Å²) in [4.78, 5) is 16.0. The number of benzene rings is 1. The van der Waals surface area contributed by atoms with E-state index in [9.17, 15) is 18.9 Å². The summed E-state index contributed by atoms with van der Waals surface area (Å²) in [6, 6.07) is 6.97. The number of aromatic nitrogens is 3. The highest BCUT2D eigenvalue weighted by Crippen LogP contribution is 2.27. The number of nitro groups is 1. The number of fused-ring (bicyclic) bond motifs is 1. The molecule has 1 fully saturated rings. The fraction of sp³-hybridized carbons (Fsp3) is 0.250. The van der Waals surface area contributed by atoms with Gasteiger partial charge >= 0.3 is 5.82 Å². The Balaban J connectivity index is 1.53. The highest BCUT2D eigenvalue weighted by Gasteiger charge is 2.27. The quantitative estimate of drug-likeness (QED) is 0.568. The Hall–Kier alpha value is -3.30. The van der Waals surface area contributed by atoms with Crippen LogP contribution in [-0.2, 0) is 0 Å². The molecule has 1 atom stereocenters. The molecule has 0 spiro atoms. The van der Waals surface area contributed by atoms with E-state index in [1.807, 2.05) is 0 Å². The third kappa shape index (κ3) is 2.79. The van der Waals surface area contributed by atoms with Crippen LogP contribution in [0, 0.1) is 21.7 Å². The molecular weight excluding hydrogens is 346 g/mol. The molecule has 0 aliphatic carbocycles. The molecular formula is C16H14F2N6O2. The first-order valence-electron chi connectivity index (χ1n) is 7.97. The number of imidazole rings is 1. The molecule has 0 amide bonds. The molecule has 134 valence electrons. The normalized spacial score (nSPS) is 17.0. The van der Waals surface area contributed by atoms with Gasteiger partial charge in [-0.25, -0.2) is 13.8 Å². The molecule has 4 rings (SSSR count). The SMILES string of the molecule is O=[N+]([O-])c1cnc2ccc(NC3CCN(c4c(F)cccc4F)C3)nn12. The van der Waals surface area contributed by atoms with E-state index >= 15 is 0 Å². The first-order chi connectivity index (χ1) is 12.5. The number of nitrogens with zero attached hydrogens (tertiary/aromatic N) is 5. The molecule has 1 aliphatic rings. The van der Waals surface area contributed by atoms with Crippen molar-refractivity contribution in [3.05, 3.63) is 58.3 Å². The lowest BCUT2D eigenvalue weighted by Gasteiger charge is -2.20. The van der Waals surface area contributed by atoms with Gasteiger partial charge in [0.1, 0.15) is 23.5 Å². The fourth-order valence-electron chi connectivity index (χ4n) is 3.14. The van der Waals surface area contributed by atoms with E-state index in [-0.39, 0.29) is 17.5 Å². The molecule has 10 heteroatoms. The maximum absolute atomic E-state index is 13.9. The summed E-state index contributed by atoms with van der Waals surface area (Å²) < 4.78 is 29.0. The molecule has 1 unspecified atom stereocenters. The van der Waals surface area contributed by atoms with Crippen LogP contribution in [0.1, 0.15) is 6.42 Å². The van der Waals surface area contributed by atoms with Gasteiger partial charge in [-0.15, -0.1) is 0 Å². The zero-order valence-corrected chi connectivity index (χ0v) is 13.5. The van der Waals surface area contributed by atoms with E-state index in [1.165, 1.54) is 18.2 Å². The number of rotatable bonds is 4. The Morgan fingerprint density at radius 1 is 1.23 bits per heavy atom. The van der Waals surface area contributed by atoms with Gasteiger partial charge in [-0.1, -0.05) is 15.7 Å². The van der Waals surface area contributed by atoms with E-state index in [2.05, 4.69) is 15.4 Å². The third-order valence-electron chi connectivity index (χ3n) is 4.33. The molecule has 1 saturated heterocycles. The van der Waals surface area contributed by atoms with Crippen molar-refractivity contribution in [2.45, 2.75) is 12.5 Å². The van der Waals surface area contributed by atoms with E-state index in [0.717, 1.165) is 10.7 Å². The molecule has 0 bridgehead atoms. The van der Waals surface area contributed by atoms with Crippen LogP contribution >= 0.6 is 0 Å². The molecule has 1 N–H and O–H groups in total. The maximum atomic E-state index is 13.9. The summed E-state index contributed by atoms with van der Waals surface area (Å²) in [7, 11) is 0. The number of hydrogen-bond donors (Lipinski definition) is 1. The summed E-state index contributed by atoms with van der Waals surface area (Å²) in [5.41, 5.74) is 0.328. The smallest absolute Gasteiger partial charge is 0.365 e. The molecule has 0 radical (unpaired) electrons. The highest BCUT2D eigenvalue weighted by atomic mass is 19.1. The predicted molar refractivity (Wildman–Crippen MR) is 90.2 cm³/mol. The topological polar surface area (TPSA) is 88.6 Å². The van der Waals surface area contributed by atoms with Crippen LogP contribution in [0.15, 0.2) is 36.5 Å². The number of para-hydroxylation sites is 1. The van der Waals surface area contributed by atoms with Crippen molar-refractivity contribution >= 4 is 23.0 Å². The zero-order valence-electron chi connectivity index (χ0n) is 13.5. The molecule has 1 aliphatic heterocycles. The Kier molecular flexibility index (Phi) is 3.86. The Morgan fingerprint density at radius 3 is 2.73 bits per heavy atom. The average molecular weight is 360 g/mol. The van der Waals surface area contributed by atoms with Crippen LogP contribution in [-0.4, -0.2) is 38.7 Å². The van der Waals surface area contributed by atoms with Gasteiger partial charge in [0.05, 0.1) is 0 Å². The van der Waals surface area contributed by atoms with E-state index in [4.69, 9.17) is 0 Å². The van der Waals surface area contributed by atoms with Crippen molar-refractivity contribution in [3.8, 4) is 0 Å². The second-order valence-electron chi connectivity index (χ2n) is 6.01. The monoisotopic (exact) mass is 360 g/mol. The van der Waals surface area contributed by atoms with E-state index in [1.54, 1.807) is 17.0 Å². The van der Waals surface area contributed by atoms with Crippen molar-refractivity contribution in [1.29, 1.82) is 0 Å². The molecule has 3 heterocycles. The van der Waals surface area contributed by atoms with Gasteiger partial charge in [0.15, 0.2) is 5.82 Å². The Bertz CT molecular complexity index is 972. The number of hydrogen-bond acceptors (Lipinski definition) is 6. The predicted octanol–water partition coefficient (Wildman–Crippen LogP) is 2.61. The Labute approximate surface area is 146 Å². The molecule has 3 aromatic rings. The van der Waals surface area contributed by atoms with Gasteiger partial charge in [-0.3, -0.25) is 0 Å². The lowest BCUT2D eigenvalue weighted by molar-refractivity contribution is -0.391. The van der Waals surface area contributed by atoms with E-state index in [0.29, 0.717) is 31.0 Å². The fourth-order valence-corrected chi connectivity index (χ4v) is 3.14. The summed E-state index contributed by atoms with van der Waals surface area (Å²) >= 11 is 0. The van der Waals surface area contributed by atoms with Crippen LogP contribution in [0.5, 0.6) is 0 Å². The Morgan fingerprint density at radius 2 is 2.00 bits per heavy atom. The van der Waals surface area contributed by atoms with Crippen LogP contribution < -0.4 is 10.2 Å². The van der Waals surface area contributed by atoms with Crippen LogP contribution in [0.2, 0.25) is 0 Å². The number of anilines is 2. The van der Waals surface area contributed by atoms with Gasteiger partial charge in [-0.2, -0.15) is 0 Å². The minimum absolute atomic E-state index is 0.0366. The first-order valence-corrected chi connectivity index (χ1v) is 7.97. The number of halogens is 2. The highest BCUT2D eigenvalue weighted by molar-refractivity contribution is 5.52. The molecule has 26 heavy (non-hydrogen) atoms. The van der Waals surface area contributed by atoms with E-state index < -0.39 is 16.6 Å². The summed E-state index contributed by atoms with van der Waals surface area (Å²) in [6.45, 7) is 0.882. The minimum Gasteiger partial charge on any atom is -0.365 e. The molecule has 2 aromatic heterocycles. The minimum atomic E-state index is -0.598. The van der Waals surface area contributed by atoms with Gasteiger partial charge in [0, 0.05) is 25.2 Å². The summed E-state index contributed by atoms with van der Waals surface area (Å²) in [6.07, 6.45) is 1.80. The average Bonchev–Trinajstić information content (AvgIpc) is 3.21. The summed E-state index contributed by atoms with van der Waals surface area (Å²) in [5.74, 6) is -0.997. The van der Waals surface area contributed by atoms with Crippen LogP contribution in [0.3, 0.4) is 0 Å². The zero-order chi connectivity index (χ0) is 18.3. The van der Waals surface area contributed by atoms with Crippen molar-refractivity contribution in [2.75, 3.05) is 23.3 Å². The lowest BCUT2D eigenvalue weighted by atomic mass is 10.2. The van der Waals surface area contributed by atoms with Crippen molar-refractivity contribution < 1.29 is 13.7 Å². The van der Waals surface area contributed by atoms with Crippen molar-refractivity contribution in [2.24, 2.45) is 0 Å². The maximum Gasteiger partial charge on any atom is 0.368 e. The second kappa shape index (κ2) is 6.21. The van der Waals surface area contributed by atoms with Gasteiger partial charge in [0.2, 0.25) is 5.65 Å². The van der Waals surface area contributed by atoms with Gasteiger partial charge < -0.3 is 20.3 Å². The van der Waals surface area contributed by atoms with Crippen molar-refractivity contribution in [3.63, 3.8) is 0 Å². The molecule has 0 saturated carbocycles. The van der Waals surface area contributed by atoms with Gasteiger partial charge in [-0.05, 0) is 29.5 Å². The third-order valence-corrected chi connectivity index (χ3v) is 4.33. The standard InChI is InChI=1S/C16H14F2N6O2/c17-11-2-1-3-12(18)16(11)22-7-6-10(9-22)20-13-4-5-14-19-8-15(24(25)26)23(14)21-13/h1-5,8,10H,6-7,9H2,(H,20,21).